The fourth-order valence-corrected chi connectivity index (χ4v) is 3.14. The largest absolute Gasteiger partial charge is 0.347 e. The summed E-state index contributed by atoms with van der Waals surface area (Å²) in [6.07, 6.45) is 3.68. The Morgan fingerprint density at radius 2 is 2.12 bits per heavy atom. The van der Waals surface area contributed by atoms with Crippen LogP contribution in [0.2, 0.25) is 0 Å². The Morgan fingerprint density at radius 3 is 2.80 bits per heavy atom. The molecular weight excluding hydrogens is 322 g/mol. The summed E-state index contributed by atoms with van der Waals surface area (Å²) < 4.78 is 3.97. The Bertz CT molecular complexity index is 779. The van der Waals surface area contributed by atoms with E-state index in [1.54, 1.807) is 11.1 Å². The highest BCUT2D eigenvalue weighted by Crippen LogP contribution is 2.17. The zero-order chi connectivity index (χ0) is 18.0. The predicted octanol–water partition coefficient (Wildman–Crippen LogP) is -0.114. The van der Waals surface area contributed by atoms with E-state index in [4.69, 9.17) is 0 Å². The first-order chi connectivity index (χ1) is 11.9. The van der Waals surface area contributed by atoms with E-state index >= 15 is 0 Å². The molecule has 2 aromatic heterocycles. The number of hydrogen-bond donors (Lipinski definition) is 1. The molecule has 134 valence electrons. The van der Waals surface area contributed by atoms with E-state index in [1.165, 1.54) is 6.92 Å². The average Bonchev–Trinajstić information content (AvgIpc) is 3.05. The molecule has 2 aromatic rings. The van der Waals surface area contributed by atoms with Crippen molar-refractivity contribution in [1.29, 1.82) is 0 Å². The standard InChI is InChI=1S/C16H23N7O2/c1-11-19-12(2)23(20-11)9-14-7-21-5-4-17-15(21)10-22(8-14)16(25)6-18-13(3)24/h4-5,14H,6-10H2,1-3H3,(H,18,24). The molecule has 9 nitrogen and oxygen atoms in total. The second-order valence-electron chi connectivity index (χ2n) is 6.43. The topological polar surface area (TPSA) is 97.9 Å². The molecule has 0 spiro atoms. The smallest absolute Gasteiger partial charge is 0.242 e. The monoisotopic (exact) mass is 345 g/mol. The number of carbonyl (C=O) groups excluding carboxylic acids is 2. The van der Waals surface area contributed by atoms with Gasteiger partial charge in [0.05, 0.1) is 13.1 Å². The number of imidazole rings is 1. The number of amides is 2. The summed E-state index contributed by atoms with van der Waals surface area (Å²) in [6.45, 7) is 7.67. The van der Waals surface area contributed by atoms with Gasteiger partial charge >= 0.3 is 0 Å². The van der Waals surface area contributed by atoms with E-state index < -0.39 is 0 Å². The van der Waals surface area contributed by atoms with Gasteiger partial charge in [-0.1, -0.05) is 0 Å². The van der Waals surface area contributed by atoms with Crippen LogP contribution in [-0.2, 0) is 29.2 Å². The minimum Gasteiger partial charge on any atom is -0.347 e. The summed E-state index contributed by atoms with van der Waals surface area (Å²) in [5.74, 6) is 2.32. The predicted molar refractivity (Wildman–Crippen MR) is 89.3 cm³/mol. The summed E-state index contributed by atoms with van der Waals surface area (Å²) in [6, 6.07) is 0. The van der Waals surface area contributed by atoms with Crippen LogP contribution < -0.4 is 5.32 Å². The number of rotatable bonds is 4. The Morgan fingerprint density at radius 1 is 1.32 bits per heavy atom. The van der Waals surface area contributed by atoms with Gasteiger partial charge < -0.3 is 14.8 Å². The maximum atomic E-state index is 12.5. The van der Waals surface area contributed by atoms with Crippen molar-refractivity contribution in [3.8, 4) is 0 Å². The van der Waals surface area contributed by atoms with Crippen molar-refractivity contribution in [2.24, 2.45) is 5.92 Å². The molecule has 1 aliphatic heterocycles. The van der Waals surface area contributed by atoms with Gasteiger partial charge in [0.1, 0.15) is 17.5 Å². The molecule has 1 unspecified atom stereocenters. The molecular formula is C16H23N7O2. The fraction of sp³-hybridized carbons (Fsp3) is 0.562. The zero-order valence-corrected chi connectivity index (χ0v) is 14.8. The van der Waals surface area contributed by atoms with Gasteiger partial charge in [-0.05, 0) is 13.8 Å². The lowest BCUT2D eigenvalue weighted by molar-refractivity contribution is -0.133. The Hall–Kier alpha value is -2.71. The summed E-state index contributed by atoms with van der Waals surface area (Å²) in [5.41, 5.74) is 0. The van der Waals surface area contributed by atoms with E-state index in [0.717, 1.165) is 24.0 Å². The fourth-order valence-electron chi connectivity index (χ4n) is 3.14. The molecule has 0 saturated heterocycles. The quantitative estimate of drug-likeness (QED) is 0.833. The van der Waals surface area contributed by atoms with E-state index in [1.807, 2.05) is 24.7 Å². The highest BCUT2D eigenvalue weighted by Gasteiger charge is 2.26. The normalized spacial score (nSPS) is 17.1. The average molecular weight is 345 g/mol. The Balaban J connectivity index is 1.77. The minimum absolute atomic E-state index is 0.00419. The number of hydrogen-bond acceptors (Lipinski definition) is 5. The molecule has 0 saturated carbocycles. The van der Waals surface area contributed by atoms with Crippen molar-refractivity contribution in [3.05, 3.63) is 29.9 Å². The van der Waals surface area contributed by atoms with Crippen LogP contribution in [0.15, 0.2) is 12.4 Å². The first-order valence-corrected chi connectivity index (χ1v) is 8.32. The number of aromatic nitrogens is 5. The number of nitrogens with zero attached hydrogens (tertiary/aromatic N) is 6. The molecule has 0 aliphatic carbocycles. The van der Waals surface area contributed by atoms with Gasteiger partial charge in [-0.15, -0.1) is 0 Å². The van der Waals surface area contributed by atoms with Gasteiger partial charge in [-0.25, -0.2) is 14.6 Å². The molecule has 0 radical (unpaired) electrons. The first-order valence-electron chi connectivity index (χ1n) is 8.32. The van der Waals surface area contributed by atoms with Crippen LogP contribution in [0.1, 0.15) is 24.4 Å². The molecule has 9 heteroatoms. The maximum absolute atomic E-state index is 12.5. The summed E-state index contributed by atoms with van der Waals surface area (Å²) in [5, 5.41) is 7.00. The van der Waals surface area contributed by atoms with Gasteiger partial charge in [0, 0.05) is 44.9 Å². The number of carbonyl (C=O) groups is 2. The molecule has 3 rings (SSSR count). The maximum Gasteiger partial charge on any atom is 0.242 e. The second-order valence-corrected chi connectivity index (χ2v) is 6.43. The number of nitrogens with one attached hydrogen (secondary N) is 1. The van der Waals surface area contributed by atoms with E-state index in [9.17, 15) is 9.59 Å². The Kier molecular flexibility index (Phi) is 4.82. The van der Waals surface area contributed by atoms with Gasteiger partial charge in [0.25, 0.3) is 0 Å². The summed E-state index contributed by atoms with van der Waals surface area (Å²) in [7, 11) is 0. The van der Waals surface area contributed by atoms with Crippen LogP contribution in [0.4, 0.5) is 0 Å². The second kappa shape index (κ2) is 7.04. The van der Waals surface area contributed by atoms with Crippen molar-refractivity contribution in [3.63, 3.8) is 0 Å². The number of fused-ring (bicyclic) bond motifs is 1. The van der Waals surface area contributed by atoms with Crippen molar-refractivity contribution >= 4 is 11.8 Å². The SMILES string of the molecule is CC(=O)NCC(=O)N1Cc2nccn2CC(Cn2nc(C)nc2C)C1. The van der Waals surface area contributed by atoms with Crippen LogP contribution in [0.3, 0.4) is 0 Å². The van der Waals surface area contributed by atoms with Crippen molar-refractivity contribution in [1.82, 2.24) is 34.5 Å². The molecule has 0 bridgehead atoms. The molecule has 1 atom stereocenters. The highest BCUT2D eigenvalue weighted by atomic mass is 16.2. The van der Waals surface area contributed by atoms with Gasteiger partial charge in [0.15, 0.2) is 0 Å². The Labute approximate surface area is 146 Å². The van der Waals surface area contributed by atoms with Crippen molar-refractivity contribution in [2.45, 2.75) is 40.4 Å². The van der Waals surface area contributed by atoms with Gasteiger partial charge in [-0.3, -0.25) is 9.59 Å². The van der Waals surface area contributed by atoms with Crippen molar-refractivity contribution in [2.75, 3.05) is 13.1 Å². The van der Waals surface area contributed by atoms with Crippen LogP contribution in [0.5, 0.6) is 0 Å². The molecule has 1 N–H and O–H groups in total. The van der Waals surface area contributed by atoms with E-state index in [-0.39, 0.29) is 24.3 Å². The van der Waals surface area contributed by atoms with Crippen LogP contribution in [0, 0.1) is 19.8 Å². The van der Waals surface area contributed by atoms with Crippen molar-refractivity contribution < 1.29 is 9.59 Å². The third-order valence-corrected chi connectivity index (χ3v) is 4.30. The first kappa shape index (κ1) is 17.1. The summed E-state index contributed by atoms with van der Waals surface area (Å²) >= 11 is 0. The molecule has 1 aliphatic rings. The molecule has 25 heavy (non-hydrogen) atoms. The lowest BCUT2D eigenvalue weighted by Crippen LogP contribution is -2.41. The minimum atomic E-state index is -0.213. The van der Waals surface area contributed by atoms with Gasteiger partial charge in [-0.2, -0.15) is 5.10 Å². The number of aryl methyl sites for hydroxylation is 2. The van der Waals surface area contributed by atoms with Gasteiger partial charge in [0.2, 0.25) is 11.8 Å². The molecule has 0 fully saturated rings. The van der Waals surface area contributed by atoms with Crippen LogP contribution in [-0.4, -0.2) is 54.1 Å². The summed E-state index contributed by atoms with van der Waals surface area (Å²) in [4.78, 5) is 34.0. The highest BCUT2D eigenvalue weighted by molar-refractivity contribution is 5.83. The lowest BCUT2D eigenvalue weighted by Gasteiger charge is -2.24. The van der Waals surface area contributed by atoms with Crippen LogP contribution in [0.25, 0.3) is 0 Å². The van der Waals surface area contributed by atoms with Crippen LogP contribution >= 0.6 is 0 Å². The van der Waals surface area contributed by atoms with E-state index in [0.29, 0.717) is 19.6 Å². The lowest BCUT2D eigenvalue weighted by atomic mass is 10.1. The van der Waals surface area contributed by atoms with E-state index in [2.05, 4.69) is 25.0 Å². The third kappa shape index (κ3) is 4.04. The third-order valence-electron chi connectivity index (χ3n) is 4.30. The molecule has 3 heterocycles. The molecule has 0 aromatic carbocycles. The zero-order valence-electron chi connectivity index (χ0n) is 14.8. The molecule has 2 amide bonds.